The van der Waals surface area contributed by atoms with Gasteiger partial charge in [-0.15, -0.1) is 0 Å². The summed E-state index contributed by atoms with van der Waals surface area (Å²) in [7, 11) is -3.83. The summed E-state index contributed by atoms with van der Waals surface area (Å²) in [6.45, 7) is 2.01. The first-order chi connectivity index (χ1) is 9.83. The molecule has 0 saturated heterocycles. The fourth-order valence-electron chi connectivity index (χ4n) is 1.88. The standard InChI is InChI=1S/C14H14BrFN2O2S/c1-9-5-10(8-17)6-13(14(9)15)21(19,20)18-12-4-2-3-11(16)7-12/h2-7,18H,8,17H2,1H3. The van der Waals surface area contributed by atoms with Crippen molar-refractivity contribution in [3.05, 3.63) is 57.8 Å². The van der Waals surface area contributed by atoms with Crippen LogP contribution >= 0.6 is 15.9 Å². The summed E-state index contributed by atoms with van der Waals surface area (Å²) in [6, 6.07) is 8.58. The van der Waals surface area contributed by atoms with Gasteiger partial charge in [0.05, 0.1) is 5.69 Å². The van der Waals surface area contributed by atoms with E-state index in [1.54, 1.807) is 6.92 Å². The fraction of sp³-hybridized carbons (Fsp3) is 0.143. The Hall–Kier alpha value is -1.44. The molecule has 0 saturated carbocycles. The predicted molar refractivity (Wildman–Crippen MR) is 84.0 cm³/mol. The number of nitrogens with two attached hydrogens (primary N) is 1. The smallest absolute Gasteiger partial charge is 0.263 e. The summed E-state index contributed by atoms with van der Waals surface area (Å²) in [5.74, 6) is -0.513. The Morgan fingerprint density at radius 3 is 2.62 bits per heavy atom. The van der Waals surface area contributed by atoms with E-state index in [2.05, 4.69) is 20.7 Å². The summed E-state index contributed by atoms with van der Waals surface area (Å²) in [5.41, 5.74) is 7.20. The van der Waals surface area contributed by atoms with E-state index in [0.29, 0.717) is 10.0 Å². The molecule has 2 aromatic carbocycles. The van der Waals surface area contributed by atoms with Gasteiger partial charge in [-0.3, -0.25) is 4.72 Å². The van der Waals surface area contributed by atoms with Crippen LogP contribution in [0.5, 0.6) is 0 Å². The highest BCUT2D eigenvalue weighted by Crippen LogP contribution is 2.28. The zero-order chi connectivity index (χ0) is 15.6. The van der Waals surface area contributed by atoms with E-state index in [0.717, 1.165) is 11.6 Å². The molecule has 21 heavy (non-hydrogen) atoms. The van der Waals surface area contributed by atoms with Crippen molar-refractivity contribution in [2.45, 2.75) is 18.4 Å². The lowest BCUT2D eigenvalue weighted by Gasteiger charge is -2.13. The lowest BCUT2D eigenvalue weighted by atomic mass is 10.1. The Kier molecular flexibility index (Phi) is 4.65. The monoisotopic (exact) mass is 372 g/mol. The first-order valence-electron chi connectivity index (χ1n) is 6.11. The highest BCUT2D eigenvalue weighted by atomic mass is 79.9. The average Bonchev–Trinajstić information content (AvgIpc) is 2.41. The zero-order valence-corrected chi connectivity index (χ0v) is 13.6. The molecule has 0 heterocycles. The summed E-state index contributed by atoms with van der Waals surface area (Å²) < 4.78 is 40.9. The Bertz CT molecular complexity index is 779. The summed E-state index contributed by atoms with van der Waals surface area (Å²) in [5, 5.41) is 0. The minimum absolute atomic E-state index is 0.0761. The molecular formula is C14H14BrFN2O2S. The van der Waals surface area contributed by atoms with E-state index in [1.807, 2.05) is 6.07 Å². The Balaban J connectivity index is 2.47. The van der Waals surface area contributed by atoms with E-state index in [-0.39, 0.29) is 17.1 Å². The first kappa shape index (κ1) is 15.9. The molecule has 3 N–H and O–H groups in total. The molecule has 0 unspecified atom stereocenters. The van der Waals surface area contributed by atoms with Crippen LogP contribution in [-0.4, -0.2) is 8.42 Å². The SMILES string of the molecule is Cc1cc(CN)cc(S(=O)(=O)Nc2cccc(F)c2)c1Br. The molecule has 0 fully saturated rings. The van der Waals surface area contributed by atoms with Crippen LogP contribution in [0.4, 0.5) is 10.1 Å². The molecule has 2 rings (SSSR count). The number of hydrogen-bond acceptors (Lipinski definition) is 3. The first-order valence-corrected chi connectivity index (χ1v) is 8.38. The Morgan fingerprint density at radius 1 is 1.29 bits per heavy atom. The van der Waals surface area contributed by atoms with Crippen LogP contribution in [0.15, 0.2) is 45.8 Å². The van der Waals surface area contributed by atoms with Crippen molar-refractivity contribution >= 4 is 31.6 Å². The molecule has 0 spiro atoms. The van der Waals surface area contributed by atoms with Gasteiger partial charge >= 0.3 is 0 Å². The highest BCUT2D eigenvalue weighted by Gasteiger charge is 2.20. The van der Waals surface area contributed by atoms with Crippen LogP contribution in [0, 0.1) is 12.7 Å². The van der Waals surface area contributed by atoms with Crippen molar-refractivity contribution in [3.8, 4) is 0 Å². The molecule has 0 aliphatic heterocycles. The van der Waals surface area contributed by atoms with Gasteiger partial charge in [0.1, 0.15) is 10.7 Å². The van der Waals surface area contributed by atoms with Crippen LogP contribution in [0.25, 0.3) is 0 Å². The number of rotatable bonds is 4. The minimum atomic E-state index is -3.83. The number of hydrogen-bond donors (Lipinski definition) is 2. The highest BCUT2D eigenvalue weighted by molar-refractivity contribution is 9.10. The molecule has 0 aliphatic carbocycles. The maximum absolute atomic E-state index is 13.1. The molecule has 0 bridgehead atoms. The van der Waals surface area contributed by atoms with Gasteiger partial charge in [-0.25, -0.2) is 12.8 Å². The van der Waals surface area contributed by atoms with E-state index in [9.17, 15) is 12.8 Å². The Morgan fingerprint density at radius 2 is 2.00 bits per heavy atom. The van der Waals surface area contributed by atoms with Gasteiger partial charge in [-0.2, -0.15) is 0 Å². The van der Waals surface area contributed by atoms with Crippen molar-refractivity contribution in [2.75, 3.05) is 4.72 Å². The topological polar surface area (TPSA) is 72.2 Å². The van der Waals surface area contributed by atoms with E-state index in [4.69, 9.17) is 5.73 Å². The summed E-state index contributed by atoms with van der Waals surface area (Å²) >= 11 is 3.27. The van der Waals surface area contributed by atoms with Gasteiger partial charge in [0.15, 0.2) is 0 Å². The van der Waals surface area contributed by atoms with Crippen molar-refractivity contribution in [1.82, 2.24) is 0 Å². The molecule has 0 aromatic heterocycles. The number of aryl methyl sites for hydroxylation is 1. The van der Waals surface area contributed by atoms with Gasteiger partial charge < -0.3 is 5.73 Å². The van der Waals surface area contributed by atoms with Gasteiger partial charge in [0.2, 0.25) is 0 Å². The van der Waals surface area contributed by atoms with Crippen LogP contribution in [-0.2, 0) is 16.6 Å². The predicted octanol–water partition coefficient (Wildman–Crippen LogP) is 3.16. The molecule has 4 nitrogen and oxygen atoms in total. The zero-order valence-electron chi connectivity index (χ0n) is 11.2. The van der Waals surface area contributed by atoms with E-state index >= 15 is 0 Å². The van der Waals surface area contributed by atoms with Crippen LogP contribution in [0.2, 0.25) is 0 Å². The molecule has 112 valence electrons. The second-order valence-electron chi connectivity index (χ2n) is 4.54. The third-order valence-corrected chi connectivity index (χ3v) is 5.60. The number of halogens is 2. The van der Waals surface area contributed by atoms with Crippen LogP contribution in [0.3, 0.4) is 0 Å². The van der Waals surface area contributed by atoms with Gasteiger partial charge in [0, 0.05) is 11.0 Å². The molecule has 0 amide bonds. The quantitative estimate of drug-likeness (QED) is 0.865. The van der Waals surface area contributed by atoms with Crippen molar-refractivity contribution in [3.63, 3.8) is 0 Å². The van der Waals surface area contributed by atoms with Crippen molar-refractivity contribution < 1.29 is 12.8 Å². The molecule has 0 aliphatic rings. The number of sulfonamides is 1. The van der Waals surface area contributed by atoms with Gasteiger partial charge in [0.25, 0.3) is 10.0 Å². The second kappa shape index (κ2) is 6.13. The maximum atomic E-state index is 13.1. The second-order valence-corrected chi connectivity index (χ2v) is 6.99. The molecular weight excluding hydrogens is 359 g/mol. The molecule has 2 aromatic rings. The summed E-state index contributed by atoms with van der Waals surface area (Å²) in [6.07, 6.45) is 0. The van der Waals surface area contributed by atoms with Crippen molar-refractivity contribution in [2.24, 2.45) is 5.73 Å². The lowest BCUT2D eigenvalue weighted by molar-refractivity contribution is 0.600. The van der Waals surface area contributed by atoms with Gasteiger partial charge in [-0.1, -0.05) is 12.1 Å². The number of anilines is 1. The van der Waals surface area contributed by atoms with Crippen molar-refractivity contribution in [1.29, 1.82) is 0 Å². The summed E-state index contributed by atoms with van der Waals surface area (Å²) in [4.78, 5) is 0.0761. The minimum Gasteiger partial charge on any atom is -0.326 e. The number of benzene rings is 2. The Labute approximate surface area is 131 Å². The lowest BCUT2D eigenvalue weighted by Crippen LogP contribution is -2.15. The average molecular weight is 373 g/mol. The third kappa shape index (κ3) is 3.61. The maximum Gasteiger partial charge on any atom is 0.263 e. The normalized spacial score (nSPS) is 11.4. The molecule has 0 atom stereocenters. The fourth-order valence-corrected chi connectivity index (χ4v) is 4.00. The number of nitrogens with one attached hydrogen (secondary N) is 1. The molecule has 7 heteroatoms. The van der Waals surface area contributed by atoms with E-state index in [1.165, 1.54) is 24.3 Å². The largest absolute Gasteiger partial charge is 0.326 e. The van der Waals surface area contributed by atoms with E-state index < -0.39 is 15.8 Å². The van der Waals surface area contributed by atoms with Gasteiger partial charge in [-0.05, 0) is 58.2 Å². The van der Waals surface area contributed by atoms with Crippen LogP contribution in [0.1, 0.15) is 11.1 Å². The third-order valence-electron chi connectivity index (χ3n) is 2.88. The molecule has 0 radical (unpaired) electrons. The van der Waals surface area contributed by atoms with Crippen LogP contribution < -0.4 is 10.5 Å².